The zero-order chi connectivity index (χ0) is 10.1. The molecule has 0 fully saturated rings. The summed E-state index contributed by atoms with van der Waals surface area (Å²) in [6, 6.07) is 0. The normalized spacial score (nSPS) is 10.1. The molecule has 0 aromatic carbocycles. The molecule has 0 aromatic rings. The van der Waals surface area contributed by atoms with Crippen LogP contribution in [-0.2, 0) is 4.79 Å². The number of carbonyl (C=O) groups is 1. The summed E-state index contributed by atoms with van der Waals surface area (Å²) in [5, 5.41) is 0. The van der Waals surface area contributed by atoms with Gasteiger partial charge in [-0.15, -0.1) is 11.6 Å². The van der Waals surface area contributed by atoms with Crippen LogP contribution < -0.4 is 0 Å². The van der Waals surface area contributed by atoms with Gasteiger partial charge in [0.15, 0.2) is 0 Å². The van der Waals surface area contributed by atoms with Crippen LogP contribution in [-0.4, -0.2) is 29.8 Å². The topological polar surface area (TPSA) is 20.3 Å². The summed E-state index contributed by atoms with van der Waals surface area (Å²) in [4.78, 5) is 13.3. The minimum atomic E-state index is 0.247. The van der Waals surface area contributed by atoms with Gasteiger partial charge in [-0.1, -0.05) is 19.8 Å². The second kappa shape index (κ2) is 8.36. The third-order valence-electron chi connectivity index (χ3n) is 2.08. The van der Waals surface area contributed by atoms with Crippen LogP contribution in [0.2, 0.25) is 0 Å². The summed E-state index contributed by atoms with van der Waals surface area (Å²) >= 11 is 5.59. The number of amides is 1. The van der Waals surface area contributed by atoms with E-state index >= 15 is 0 Å². The van der Waals surface area contributed by atoms with Gasteiger partial charge in [0.05, 0.1) is 0 Å². The molecule has 0 aromatic heterocycles. The number of unbranched alkanes of at least 4 members (excludes halogenated alkanes) is 2. The number of halogens is 1. The van der Waals surface area contributed by atoms with E-state index in [9.17, 15) is 4.79 Å². The largest absolute Gasteiger partial charge is 0.342 e. The van der Waals surface area contributed by atoms with Crippen molar-refractivity contribution in [2.45, 2.75) is 39.5 Å². The molecule has 1 amide bonds. The Bertz CT molecular complexity index is 139. The van der Waals surface area contributed by atoms with E-state index in [4.69, 9.17) is 11.6 Å². The first-order valence-corrected chi connectivity index (χ1v) is 5.63. The molecule has 13 heavy (non-hydrogen) atoms. The standard InChI is InChI=1S/C10H20ClNO/c1-3-5-6-7-10(13)12(4-2)9-8-11/h3-9H2,1-2H3. The maximum Gasteiger partial charge on any atom is 0.222 e. The molecule has 0 atom stereocenters. The summed E-state index contributed by atoms with van der Waals surface area (Å²) in [6.07, 6.45) is 3.99. The molecule has 0 heterocycles. The maximum absolute atomic E-state index is 11.5. The van der Waals surface area contributed by atoms with Crippen molar-refractivity contribution in [2.24, 2.45) is 0 Å². The van der Waals surface area contributed by atoms with Gasteiger partial charge < -0.3 is 4.90 Å². The fourth-order valence-electron chi connectivity index (χ4n) is 1.25. The lowest BCUT2D eigenvalue weighted by Gasteiger charge is -2.19. The average Bonchev–Trinajstić information content (AvgIpc) is 2.14. The molecular formula is C10H20ClNO. The van der Waals surface area contributed by atoms with E-state index in [1.807, 2.05) is 11.8 Å². The van der Waals surface area contributed by atoms with Gasteiger partial charge in [-0.25, -0.2) is 0 Å². The highest BCUT2D eigenvalue weighted by Crippen LogP contribution is 2.03. The predicted molar refractivity (Wildman–Crippen MR) is 57.1 cm³/mol. The molecule has 0 aliphatic carbocycles. The van der Waals surface area contributed by atoms with Crippen molar-refractivity contribution < 1.29 is 4.79 Å². The number of hydrogen-bond acceptors (Lipinski definition) is 1. The first-order valence-electron chi connectivity index (χ1n) is 5.10. The zero-order valence-corrected chi connectivity index (χ0v) is 9.44. The molecule has 0 aliphatic rings. The lowest BCUT2D eigenvalue weighted by Crippen LogP contribution is -2.32. The highest BCUT2D eigenvalue weighted by atomic mass is 35.5. The van der Waals surface area contributed by atoms with Crippen LogP contribution >= 0.6 is 11.6 Å². The Morgan fingerprint density at radius 2 is 2.00 bits per heavy atom. The predicted octanol–water partition coefficient (Wildman–Crippen LogP) is 2.65. The van der Waals surface area contributed by atoms with E-state index in [0.29, 0.717) is 18.8 Å². The Labute approximate surface area is 86.2 Å². The van der Waals surface area contributed by atoms with Crippen LogP contribution in [0, 0.1) is 0 Å². The number of rotatable bonds is 7. The summed E-state index contributed by atoms with van der Waals surface area (Å²) in [5.41, 5.74) is 0. The molecule has 0 saturated carbocycles. The van der Waals surface area contributed by atoms with Gasteiger partial charge in [-0.05, 0) is 13.3 Å². The Kier molecular flexibility index (Phi) is 8.21. The molecule has 0 spiro atoms. The van der Waals surface area contributed by atoms with Crippen LogP contribution in [0.4, 0.5) is 0 Å². The van der Waals surface area contributed by atoms with Gasteiger partial charge in [0, 0.05) is 25.4 Å². The average molecular weight is 206 g/mol. The molecule has 0 bridgehead atoms. The first kappa shape index (κ1) is 12.8. The van der Waals surface area contributed by atoms with Crippen molar-refractivity contribution in [3.8, 4) is 0 Å². The van der Waals surface area contributed by atoms with E-state index in [1.54, 1.807) is 0 Å². The van der Waals surface area contributed by atoms with E-state index < -0.39 is 0 Å². The number of hydrogen-bond donors (Lipinski definition) is 0. The van der Waals surface area contributed by atoms with Crippen LogP contribution in [0.25, 0.3) is 0 Å². The molecule has 0 N–H and O–H groups in total. The van der Waals surface area contributed by atoms with E-state index in [1.165, 1.54) is 0 Å². The molecule has 78 valence electrons. The molecule has 0 unspecified atom stereocenters. The number of alkyl halides is 1. The van der Waals surface area contributed by atoms with E-state index in [-0.39, 0.29) is 5.91 Å². The minimum absolute atomic E-state index is 0.247. The Hall–Kier alpha value is -0.240. The Morgan fingerprint density at radius 1 is 1.31 bits per heavy atom. The summed E-state index contributed by atoms with van der Waals surface area (Å²) in [5.74, 6) is 0.782. The zero-order valence-electron chi connectivity index (χ0n) is 8.68. The fraction of sp³-hybridized carbons (Fsp3) is 0.900. The van der Waals surface area contributed by atoms with Crippen LogP contribution in [0.15, 0.2) is 0 Å². The molecule has 0 rings (SSSR count). The van der Waals surface area contributed by atoms with Crippen molar-refractivity contribution in [3.05, 3.63) is 0 Å². The minimum Gasteiger partial charge on any atom is -0.342 e. The van der Waals surface area contributed by atoms with Crippen molar-refractivity contribution in [3.63, 3.8) is 0 Å². The Balaban J connectivity index is 3.64. The maximum atomic E-state index is 11.5. The lowest BCUT2D eigenvalue weighted by molar-refractivity contribution is -0.130. The SMILES string of the molecule is CCCCCC(=O)N(CC)CCCl. The monoisotopic (exact) mass is 205 g/mol. The van der Waals surface area contributed by atoms with Gasteiger partial charge in [0.2, 0.25) is 5.91 Å². The van der Waals surface area contributed by atoms with Crippen LogP contribution in [0.5, 0.6) is 0 Å². The van der Waals surface area contributed by atoms with Crippen molar-refractivity contribution in [1.29, 1.82) is 0 Å². The van der Waals surface area contributed by atoms with Crippen molar-refractivity contribution >= 4 is 17.5 Å². The van der Waals surface area contributed by atoms with E-state index in [0.717, 1.165) is 25.8 Å². The summed E-state index contributed by atoms with van der Waals surface area (Å²) in [6.45, 7) is 5.59. The molecule has 3 heteroatoms. The van der Waals surface area contributed by atoms with Crippen LogP contribution in [0.3, 0.4) is 0 Å². The van der Waals surface area contributed by atoms with E-state index in [2.05, 4.69) is 6.92 Å². The number of carbonyl (C=O) groups excluding carboxylic acids is 1. The fourth-order valence-corrected chi connectivity index (χ4v) is 1.45. The van der Waals surface area contributed by atoms with Gasteiger partial charge in [-0.3, -0.25) is 4.79 Å². The Morgan fingerprint density at radius 3 is 2.46 bits per heavy atom. The molecule has 0 radical (unpaired) electrons. The van der Waals surface area contributed by atoms with Gasteiger partial charge in [0.25, 0.3) is 0 Å². The van der Waals surface area contributed by atoms with Crippen molar-refractivity contribution in [1.82, 2.24) is 4.90 Å². The lowest BCUT2D eigenvalue weighted by atomic mass is 10.2. The third-order valence-corrected chi connectivity index (χ3v) is 2.25. The molecular weight excluding hydrogens is 186 g/mol. The van der Waals surface area contributed by atoms with Gasteiger partial charge >= 0.3 is 0 Å². The van der Waals surface area contributed by atoms with Crippen molar-refractivity contribution in [2.75, 3.05) is 19.0 Å². The quantitative estimate of drug-likeness (QED) is 0.462. The second-order valence-electron chi connectivity index (χ2n) is 3.12. The second-order valence-corrected chi connectivity index (χ2v) is 3.50. The number of nitrogens with zero attached hydrogens (tertiary/aromatic N) is 1. The van der Waals surface area contributed by atoms with Gasteiger partial charge in [-0.2, -0.15) is 0 Å². The first-order chi connectivity index (χ1) is 6.26. The molecule has 2 nitrogen and oxygen atoms in total. The third kappa shape index (κ3) is 5.92. The summed E-state index contributed by atoms with van der Waals surface area (Å²) in [7, 11) is 0. The highest BCUT2D eigenvalue weighted by Gasteiger charge is 2.09. The molecule has 0 saturated heterocycles. The summed E-state index contributed by atoms with van der Waals surface area (Å²) < 4.78 is 0. The smallest absolute Gasteiger partial charge is 0.222 e. The molecule has 0 aliphatic heterocycles. The van der Waals surface area contributed by atoms with Crippen LogP contribution in [0.1, 0.15) is 39.5 Å². The van der Waals surface area contributed by atoms with Gasteiger partial charge in [0.1, 0.15) is 0 Å². The highest BCUT2D eigenvalue weighted by molar-refractivity contribution is 6.18.